The second kappa shape index (κ2) is 7.15. The van der Waals surface area contributed by atoms with Crippen LogP contribution in [0.15, 0.2) is 48.5 Å². The minimum Gasteiger partial charge on any atom is -0.378 e. The van der Waals surface area contributed by atoms with Crippen LogP contribution < -0.4 is 10.2 Å². The van der Waals surface area contributed by atoms with E-state index in [1.807, 2.05) is 48.2 Å². The Morgan fingerprint density at radius 1 is 1.21 bits per heavy atom. The van der Waals surface area contributed by atoms with E-state index in [1.165, 1.54) is 6.07 Å². The molecule has 1 aliphatic heterocycles. The molecule has 24 heavy (non-hydrogen) atoms. The molecule has 2 aromatic carbocycles. The first-order valence-electron chi connectivity index (χ1n) is 7.77. The third kappa shape index (κ3) is 3.49. The molecule has 0 amide bonds. The number of nitrogens with zero attached hydrogens (tertiary/aromatic N) is 2. The molecule has 3 rings (SSSR count). The van der Waals surface area contributed by atoms with Gasteiger partial charge < -0.3 is 19.9 Å². The number of anilines is 2. The van der Waals surface area contributed by atoms with Crippen LogP contribution in [0.4, 0.5) is 15.8 Å². The van der Waals surface area contributed by atoms with Crippen molar-refractivity contribution in [1.29, 1.82) is 0 Å². The molecule has 0 aromatic heterocycles. The fourth-order valence-electron chi connectivity index (χ4n) is 2.64. The zero-order valence-electron chi connectivity index (χ0n) is 13.7. The van der Waals surface area contributed by atoms with Crippen molar-refractivity contribution in [2.45, 2.75) is 6.23 Å². The molecule has 1 fully saturated rings. The molecule has 126 valence electrons. The van der Waals surface area contributed by atoms with Crippen molar-refractivity contribution in [3.8, 4) is 0 Å². The topological polar surface area (TPSA) is 27.7 Å². The van der Waals surface area contributed by atoms with E-state index in [2.05, 4.69) is 5.32 Å². The summed E-state index contributed by atoms with van der Waals surface area (Å²) in [6.45, 7) is 1.25. The van der Waals surface area contributed by atoms with Crippen LogP contribution in [0, 0.1) is 5.82 Å². The van der Waals surface area contributed by atoms with Crippen molar-refractivity contribution < 1.29 is 9.13 Å². The molecular weight excluding hydrogens is 325 g/mol. The first-order valence-corrected chi connectivity index (χ1v) is 8.18. The molecule has 4 nitrogen and oxygen atoms in total. The molecule has 6 heteroatoms. The lowest BCUT2D eigenvalue weighted by molar-refractivity contribution is 0.0642. The number of ether oxygens (including phenoxy) is 1. The van der Waals surface area contributed by atoms with Crippen LogP contribution >= 0.6 is 12.2 Å². The average Bonchev–Trinajstić information content (AvgIpc) is 3.07. The Balaban J connectivity index is 1.75. The second-order valence-corrected chi connectivity index (χ2v) is 6.20. The predicted molar refractivity (Wildman–Crippen MR) is 98.8 cm³/mol. The standard InChI is InChI=1S/C18H20FN3OS/c1-21(2)14-9-7-13(8-10-14)17-22(11-12-23-17)18(24)20-16-6-4-3-5-15(16)19/h3-10,17H,11-12H2,1-2H3,(H,20,24)/t17-/m1/s1. The molecule has 2 aromatic rings. The Hall–Kier alpha value is -2.18. The summed E-state index contributed by atoms with van der Waals surface area (Å²) in [7, 11) is 4.00. The number of thiocarbonyl (C=S) groups is 1. The van der Waals surface area contributed by atoms with Crippen molar-refractivity contribution in [3.05, 3.63) is 59.9 Å². The SMILES string of the molecule is CN(C)c1ccc([C@H]2OCCN2C(=S)Nc2ccccc2F)cc1. The van der Waals surface area contributed by atoms with Crippen molar-refractivity contribution in [3.63, 3.8) is 0 Å². The van der Waals surface area contributed by atoms with Gasteiger partial charge in [0.25, 0.3) is 0 Å². The van der Waals surface area contributed by atoms with E-state index in [-0.39, 0.29) is 12.0 Å². The van der Waals surface area contributed by atoms with Crippen LogP contribution in [0.5, 0.6) is 0 Å². The van der Waals surface area contributed by atoms with Crippen LogP contribution in [0.3, 0.4) is 0 Å². The van der Waals surface area contributed by atoms with E-state index in [0.717, 1.165) is 11.3 Å². The molecule has 1 atom stereocenters. The van der Waals surface area contributed by atoms with Gasteiger partial charge in [-0.05, 0) is 36.5 Å². The maximum atomic E-state index is 13.8. The smallest absolute Gasteiger partial charge is 0.175 e. The number of halogens is 1. The van der Waals surface area contributed by atoms with Gasteiger partial charge in [0.1, 0.15) is 5.82 Å². The zero-order valence-corrected chi connectivity index (χ0v) is 14.5. The third-order valence-electron chi connectivity index (χ3n) is 3.96. The van der Waals surface area contributed by atoms with Gasteiger partial charge >= 0.3 is 0 Å². The Kier molecular flexibility index (Phi) is 4.97. The summed E-state index contributed by atoms with van der Waals surface area (Å²) in [5.74, 6) is -0.327. The molecule has 0 unspecified atom stereocenters. The first kappa shape index (κ1) is 16.7. The Morgan fingerprint density at radius 3 is 2.58 bits per heavy atom. The molecule has 1 N–H and O–H groups in total. The molecule has 0 saturated carbocycles. The van der Waals surface area contributed by atoms with E-state index in [4.69, 9.17) is 17.0 Å². The summed E-state index contributed by atoms with van der Waals surface area (Å²) < 4.78 is 19.6. The monoisotopic (exact) mass is 345 g/mol. The molecule has 1 heterocycles. The van der Waals surface area contributed by atoms with Gasteiger partial charge in [0.05, 0.1) is 12.3 Å². The summed E-state index contributed by atoms with van der Waals surface area (Å²) in [6, 6.07) is 14.6. The van der Waals surface area contributed by atoms with E-state index in [0.29, 0.717) is 24.0 Å². The molecular formula is C18H20FN3OS. The number of para-hydroxylation sites is 1. The number of benzene rings is 2. The lowest BCUT2D eigenvalue weighted by Crippen LogP contribution is -2.34. The van der Waals surface area contributed by atoms with E-state index in [9.17, 15) is 4.39 Å². The Morgan fingerprint density at radius 2 is 1.92 bits per heavy atom. The largest absolute Gasteiger partial charge is 0.378 e. The fourth-order valence-corrected chi connectivity index (χ4v) is 2.94. The van der Waals surface area contributed by atoms with Gasteiger partial charge in [0.2, 0.25) is 0 Å². The van der Waals surface area contributed by atoms with Crippen LogP contribution in [0.25, 0.3) is 0 Å². The Labute approximate surface area is 146 Å². The van der Waals surface area contributed by atoms with Gasteiger partial charge in [-0.2, -0.15) is 0 Å². The number of rotatable bonds is 3. The van der Waals surface area contributed by atoms with Crippen molar-refractivity contribution in [2.24, 2.45) is 0 Å². The fraction of sp³-hybridized carbons (Fsp3) is 0.278. The molecule has 0 bridgehead atoms. The zero-order chi connectivity index (χ0) is 17.1. The highest BCUT2D eigenvalue weighted by Gasteiger charge is 2.29. The van der Waals surface area contributed by atoms with E-state index in [1.54, 1.807) is 18.2 Å². The third-order valence-corrected chi connectivity index (χ3v) is 4.30. The first-order chi connectivity index (χ1) is 11.6. The van der Waals surface area contributed by atoms with Crippen molar-refractivity contribution >= 4 is 28.7 Å². The normalized spacial score (nSPS) is 17.0. The second-order valence-electron chi connectivity index (χ2n) is 5.81. The molecule has 0 aliphatic carbocycles. The van der Waals surface area contributed by atoms with Gasteiger partial charge in [0, 0.05) is 31.9 Å². The van der Waals surface area contributed by atoms with Crippen LogP contribution in [0.1, 0.15) is 11.8 Å². The summed E-state index contributed by atoms with van der Waals surface area (Å²) >= 11 is 5.46. The minimum absolute atomic E-state index is 0.256. The van der Waals surface area contributed by atoms with Gasteiger partial charge in [0.15, 0.2) is 11.3 Å². The number of hydrogen-bond donors (Lipinski definition) is 1. The van der Waals surface area contributed by atoms with Gasteiger partial charge in [-0.1, -0.05) is 24.3 Å². The average molecular weight is 345 g/mol. The van der Waals surface area contributed by atoms with E-state index >= 15 is 0 Å². The number of nitrogens with one attached hydrogen (secondary N) is 1. The highest BCUT2D eigenvalue weighted by atomic mass is 32.1. The van der Waals surface area contributed by atoms with Crippen molar-refractivity contribution in [1.82, 2.24) is 4.90 Å². The van der Waals surface area contributed by atoms with E-state index < -0.39 is 0 Å². The highest BCUT2D eigenvalue weighted by molar-refractivity contribution is 7.80. The maximum Gasteiger partial charge on any atom is 0.175 e. The van der Waals surface area contributed by atoms with Gasteiger partial charge in [-0.15, -0.1) is 0 Å². The predicted octanol–water partition coefficient (Wildman–Crippen LogP) is 3.62. The minimum atomic E-state index is -0.327. The number of hydrogen-bond acceptors (Lipinski definition) is 3. The highest BCUT2D eigenvalue weighted by Crippen LogP contribution is 2.29. The summed E-state index contributed by atoms with van der Waals surface area (Å²) in [6.07, 6.45) is -0.256. The lowest BCUT2D eigenvalue weighted by Gasteiger charge is -2.26. The van der Waals surface area contributed by atoms with Crippen LogP contribution in [-0.4, -0.2) is 37.3 Å². The molecule has 0 radical (unpaired) electrons. The summed E-state index contributed by atoms with van der Waals surface area (Å²) in [4.78, 5) is 3.98. The van der Waals surface area contributed by atoms with Crippen LogP contribution in [-0.2, 0) is 4.74 Å². The van der Waals surface area contributed by atoms with Gasteiger partial charge in [-0.25, -0.2) is 4.39 Å². The molecule has 0 spiro atoms. The lowest BCUT2D eigenvalue weighted by atomic mass is 10.1. The Bertz CT molecular complexity index is 720. The molecule has 1 saturated heterocycles. The maximum absolute atomic E-state index is 13.8. The van der Waals surface area contributed by atoms with Crippen molar-refractivity contribution in [2.75, 3.05) is 37.5 Å². The van der Waals surface area contributed by atoms with Crippen LogP contribution in [0.2, 0.25) is 0 Å². The summed E-state index contributed by atoms with van der Waals surface area (Å²) in [5, 5.41) is 3.43. The molecule has 1 aliphatic rings. The quantitative estimate of drug-likeness (QED) is 0.858. The van der Waals surface area contributed by atoms with Gasteiger partial charge in [-0.3, -0.25) is 0 Å². The summed E-state index contributed by atoms with van der Waals surface area (Å²) in [5.41, 5.74) is 2.52.